The fraction of sp³-hybridized carbons (Fsp3) is 0.375. The van der Waals surface area contributed by atoms with Crippen LogP contribution < -0.4 is 5.32 Å². The highest BCUT2D eigenvalue weighted by Crippen LogP contribution is 2.33. The molecule has 1 unspecified atom stereocenters. The van der Waals surface area contributed by atoms with Gasteiger partial charge in [-0.25, -0.2) is 0 Å². The quantitative estimate of drug-likeness (QED) is 0.835. The van der Waals surface area contributed by atoms with Crippen LogP contribution in [0.3, 0.4) is 0 Å². The molecule has 0 bridgehead atoms. The molecule has 1 aromatic carbocycles. The van der Waals surface area contributed by atoms with Crippen molar-refractivity contribution < 1.29 is 0 Å². The zero-order chi connectivity index (χ0) is 12.3. The fourth-order valence-electron chi connectivity index (χ4n) is 2.25. The van der Waals surface area contributed by atoms with E-state index in [2.05, 4.69) is 61.7 Å². The zero-order valence-electron chi connectivity index (χ0n) is 11.0. The van der Waals surface area contributed by atoms with Gasteiger partial charge in [0, 0.05) is 12.0 Å². The average Bonchev–Trinajstić information content (AvgIpc) is 2.33. The fourth-order valence-corrected chi connectivity index (χ4v) is 2.25. The third-order valence-corrected chi connectivity index (χ3v) is 3.55. The van der Waals surface area contributed by atoms with Gasteiger partial charge in [-0.1, -0.05) is 55.0 Å². The number of hydrogen-bond donors (Lipinski definition) is 1. The molecule has 1 nitrogen and oxygen atoms in total. The first kappa shape index (κ1) is 12.1. The van der Waals surface area contributed by atoms with Crippen molar-refractivity contribution >= 4 is 0 Å². The Hall–Kier alpha value is -1.34. The number of nitrogens with one attached hydrogen (secondary N) is 1. The van der Waals surface area contributed by atoms with Crippen LogP contribution in [0.25, 0.3) is 0 Å². The monoisotopic (exact) mass is 227 g/mol. The molecule has 17 heavy (non-hydrogen) atoms. The van der Waals surface area contributed by atoms with E-state index >= 15 is 0 Å². The van der Waals surface area contributed by atoms with Gasteiger partial charge in [0.15, 0.2) is 0 Å². The predicted octanol–water partition coefficient (Wildman–Crippen LogP) is 3.36. The van der Waals surface area contributed by atoms with E-state index in [0.29, 0.717) is 0 Å². The molecule has 0 spiro atoms. The number of rotatable bonds is 3. The second-order valence-corrected chi connectivity index (χ2v) is 5.13. The third kappa shape index (κ3) is 2.67. The van der Waals surface area contributed by atoms with Gasteiger partial charge in [0.05, 0.1) is 0 Å². The van der Waals surface area contributed by atoms with Crippen LogP contribution in [0.15, 0.2) is 48.1 Å². The summed E-state index contributed by atoms with van der Waals surface area (Å²) in [5, 5.41) is 3.19. The van der Waals surface area contributed by atoms with Gasteiger partial charge in [-0.15, -0.1) is 0 Å². The molecule has 0 amide bonds. The molecule has 1 aromatic rings. The van der Waals surface area contributed by atoms with Crippen molar-refractivity contribution in [1.82, 2.24) is 5.32 Å². The van der Waals surface area contributed by atoms with Gasteiger partial charge in [0.2, 0.25) is 0 Å². The molecule has 0 aromatic heterocycles. The molecule has 1 N–H and O–H groups in total. The summed E-state index contributed by atoms with van der Waals surface area (Å²) in [6.07, 6.45) is 8.02. The molecule has 0 fully saturated rings. The van der Waals surface area contributed by atoms with Crippen molar-refractivity contribution in [2.45, 2.75) is 25.7 Å². The Morgan fingerprint density at radius 2 is 1.94 bits per heavy atom. The van der Waals surface area contributed by atoms with E-state index in [1.54, 1.807) is 0 Å². The van der Waals surface area contributed by atoms with Crippen LogP contribution >= 0.6 is 0 Å². The van der Waals surface area contributed by atoms with Gasteiger partial charge >= 0.3 is 0 Å². The Morgan fingerprint density at radius 1 is 1.24 bits per heavy atom. The highest BCUT2D eigenvalue weighted by Gasteiger charge is 2.24. The van der Waals surface area contributed by atoms with Gasteiger partial charge in [0.1, 0.15) is 0 Å². The summed E-state index contributed by atoms with van der Waals surface area (Å²) >= 11 is 0. The molecule has 1 heteroatoms. The first-order chi connectivity index (χ1) is 8.14. The molecule has 0 radical (unpaired) electrons. The molecule has 1 aliphatic carbocycles. The van der Waals surface area contributed by atoms with Crippen LogP contribution in [0.4, 0.5) is 0 Å². The van der Waals surface area contributed by atoms with Gasteiger partial charge in [-0.3, -0.25) is 0 Å². The minimum Gasteiger partial charge on any atom is -0.316 e. The lowest BCUT2D eigenvalue weighted by Crippen LogP contribution is -2.22. The molecule has 90 valence electrons. The summed E-state index contributed by atoms with van der Waals surface area (Å²) in [6.45, 7) is 5.40. The number of allylic oxidation sites excluding steroid dienone is 2. The topological polar surface area (TPSA) is 12.0 Å². The smallest absolute Gasteiger partial charge is 0.0199 e. The second kappa shape index (κ2) is 4.89. The van der Waals surface area contributed by atoms with Crippen LogP contribution in [0.5, 0.6) is 0 Å². The molecule has 0 saturated carbocycles. The summed E-state index contributed by atoms with van der Waals surface area (Å²) < 4.78 is 0. The Bertz CT molecular complexity index is 439. The normalized spacial score (nSPS) is 23.6. The van der Waals surface area contributed by atoms with Crippen molar-refractivity contribution in [3.8, 4) is 0 Å². The maximum Gasteiger partial charge on any atom is 0.0199 e. The maximum absolute atomic E-state index is 3.19. The highest BCUT2D eigenvalue weighted by atomic mass is 14.8. The van der Waals surface area contributed by atoms with Crippen molar-refractivity contribution in [3.63, 3.8) is 0 Å². The van der Waals surface area contributed by atoms with Gasteiger partial charge in [-0.05, 0) is 31.5 Å². The molecule has 0 heterocycles. The van der Waals surface area contributed by atoms with Crippen LogP contribution in [-0.4, -0.2) is 13.6 Å². The molecule has 2 rings (SSSR count). The van der Waals surface area contributed by atoms with E-state index in [1.807, 2.05) is 7.05 Å². The standard InChI is InChI=1S/C16H21N/c1-13-4-6-15(7-5-13)16(2)10-8-14(9-11-16)12-17-3/h4-10,17H,11-12H2,1-3H3. The minimum atomic E-state index is 0.158. The molecular weight excluding hydrogens is 206 g/mol. The minimum absolute atomic E-state index is 0.158. The first-order valence-electron chi connectivity index (χ1n) is 6.24. The van der Waals surface area contributed by atoms with Crippen molar-refractivity contribution in [2.24, 2.45) is 0 Å². The number of benzene rings is 1. The van der Waals surface area contributed by atoms with Crippen molar-refractivity contribution in [3.05, 3.63) is 59.2 Å². The summed E-state index contributed by atoms with van der Waals surface area (Å²) in [7, 11) is 1.99. The Kier molecular flexibility index (Phi) is 3.49. The molecule has 0 saturated heterocycles. The second-order valence-electron chi connectivity index (χ2n) is 5.13. The lowest BCUT2D eigenvalue weighted by Gasteiger charge is -2.29. The lowest BCUT2D eigenvalue weighted by atomic mass is 9.76. The van der Waals surface area contributed by atoms with Gasteiger partial charge in [0.25, 0.3) is 0 Å². The predicted molar refractivity (Wildman–Crippen MR) is 74.3 cm³/mol. The summed E-state index contributed by atoms with van der Waals surface area (Å²) in [6, 6.07) is 8.88. The summed E-state index contributed by atoms with van der Waals surface area (Å²) in [5.74, 6) is 0. The molecule has 1 atom stereocenters. The molecular formula is C16H21N. The Morgan fingerprint density at radius 3 is 2.47 bits per heavy atom. The van der Waals surface area contributed by atoms with E-state index in [1.165, 1.54) is 16.7 Å². The average molecular weight is 227 g/mol. The van der Waals surface area contributed by atoms with Crippen molar-refractivity contribution in [2.75, 3.05) is 13.6 Å². The van der Waals surface area contributed by atoms with E-state index in [9.17, 15) is 0 Å². The molecule has 0 aliphatic heterocycles. The van der Waals surface area contributed by atoms with Gasteiger partial charge < -0.3 is 5.32 Å². The van der Waals surface area contributed by atoms with Crippen molar-refractivity contribution in [1.29, 1.82) is 0 Å². The van der Waals surface area contributed by atoms with Crippen LogP contribution in [-0.2, 0) is 5.41 Å². The lowest BCUT2D eigenvalue weighted by molar-refractivity contribution is 0.594. The number of aryl methyl sites for hydroxylation is 1. The Balaban J connectivity index is 2.18. The van der Waals surface area contributed by atoms with Crippen LogP contribution in [0, 0.1) is 6.92 Å². The molecule has 1 aliphatic rings. The highest BCUT2D eigenvalue weighted by molar-refractivity contribution is 5.39. The zero-order valence-corrected chi connectivity index (χ0v) is 11.0. The first-order valence-corrected chi connectivity index (χ1v) is 6.24. The Labute approximate surface area is 104 Å². The van der Waals surface area contributed by atoms with Gasteiger partial charge in [-0.2, -0.15) is 0 Å². The third-order valence-electron chi connectivity index (χ3n) is 3.55. The SMILES string of the molecule is CNCC1=CCC(C)(c2ccc(C)cc2)C=C1. The van der Waals surface area contributed by atoms with E-state index < -0.39 is 0 Å². The summed E-state index contributed by atoms with van der Waals surface area (Å²) in [5.41, 5.74) is 4.27. The maximum atomic E-state index is 3.19. The van der Waals surface area contributed by atoms with Crippen LogP contribution in [0.2, 0.25) is 0 Å². The van der Waals surface area contributed by atoms with E-state index in [4.69, 9.17) is 0 Å². The number of hydrogen-bond acceptors (Lipinski definition) is 1. The summed E-state index contributed by atoms with van der Waals surface area (Å²) in [4.78, 5) is 0. The number of likely N-dealkylation sites (N-methyl/N-ethyl adjacent to an activating group) is 1. The largest absolute Gasteiger partial charge is 0.316 e. The van der Waals surface area contributed by atoms with E-state index in [-0.39, 0.29) is 5.41 Å². The van der Waals surface area contributed by atoms with E-state index in [0.717, 1.165) is 13.0 Å². The van der Waals surface area contributed by atoms with Crippen LogP contribution in [0.1, 0.15) is 24.5 Å².